The molecule has 1 rings (SSSR count). The molecule has 68 valence electrons. The smallest absolute Gasteiger partial charge is 0.145 e. The Morgan fingerprint density at radius 2 is 2.46 bits per heavy atom. The second-order valence-electron chi connectivity index (χ2n) is 2.63. The van der Waals surface area contributed by atoms with Crippen molar-refractivity contribution in [2.75, 3.05) is 11.9 Å². The first-order chi connectivity index (χ1) is 6.26. The van der Waals surface area contributed by atoms with E-state index in [1.807, 2.05) is 13.0 Å². The van der Waals surface area contributed by atoms with E-state index in [4.69, 9.17) is 10.4 Å². The summed E-state index contributed by atoms with van der Waals surface area (Å²) in [5.41, 5.74) is 0.308. The van der Waals surface area contributed by atoms with Crippen LogP contribution in [-0.2, 0) is 0 Å². The molecule has 13 heavy (non-hydrogen) atoms. The molecular weight excluding hydrogens is 168 g/mol. The van der Waals surface area contributed by atoms with Gasteiger partial charge in [0.15, 0.2) is 0 Å². The predicted molar refractivity (Wildman–Crippen MR) is 46.9 cm³/mol. The summed E-state index contributed by atoms with van der Waals surface area (Å²) in [6.45, 7) is 1.83. The van der Waals surface area contributed by atoms with Gasteiger partial charge in [0.05, 0.1) is 6.61 Å². The van der Waals surface area contributed by atoms with E-state index in [1.165, 1.54) is 12.4 Å². The summed E-state index contributed by atoms with van der Waals surface area (Å²) in [5, 5.41) is 20.2. The lowest BCUT2D eigenvalue weighted by Crippen LogP contribution is -2.20. The number of hydrogen-bond donors (Lipinski definition) is 2. The van der Waals surface area contributed by atoms with E-state index in [-0.39, 0.29) is 12.6 Å². The van der Waals surface area contributed by atoms with Gasteiger partial charge >= 0.3 is 0 Å². The Hall–Kier alpha value is -1.67. The molecule has 0 amide bonds. The molecule has 1 aromatic rings. The Kier molecular flexibility index (Phi) is 3.17. The van der Waals surface area contributed by atoms with Gasteiger partial charge in [-0.1, -0.05) is 0 Å². The van der Waals surface area contributed by atoms with Gasteiger partial charge < -0.3 is 10.4 Å². The topological polar surface area (TPSA) is 81.8 Å². The Balaban J connectivity index is 2.73. The minimum Gasteiger partial charge on any atom is -0.394 e. The van der Waals surface area contributed by atoms with E-state index in [0.29, 0.717) is 11.5 Å². The molecule has 1 aromatic heterocycles. The van der Waals surface area contributed by atoms with Crippen LogP contribution < -0.4 is 5.32 Å². The minimum atomic E-state index is -0.0820. The Bertz CT molecular complexity index is 320. The SMILES string of the molecule is C[C@@H](CO)Nc1cc(C#N)ncn1. The molecule has 1 heterocycles. The van der Waals surface area contributed by atoms with Crippen LogP contribution in [0.15, 0.2) is 12.4 Å². The number of nitrogens with zero attached hydrogens (tertiary/aromatic N) is 3. The van der Waals surface area contributed by atoms with Crippen LogP contribution in [0.3, 0.4) is 0 Å². The van der Waals surface area contributed by atoms with Crippen molar-refractivity contribution in [3.05, 3.63) is 18.1 Å². The highest BCUT2D eigenvalue weighted by molar-refractivity contribution is 5.39. The maximum absolute atomic E-state index is 8.75. The molecule has 0 saturated heterocycles. The summed E-state index contributed by atoms with van der Waals surface area (Å²) in [6.07, 6.45) is 1.31. The molecule has 0 bridgehead atoms. The van der Waals surface area contributed by atoms with Crippen molar-refractivity contribution in [1.29, 1.82) is 5.26 Å². The largest absolute Gasteiger partial charge is 0.394 e. The number of nitriles is 1. The number of aliphatic hydroxyl groups is 1. The van der Waals surface area contributed by atoms with Gasteiger partial charge in [0.1, 0.15) is 23.9 Å². The molecule has 0 aliphatic carbocycles. The summed E-state index contributed by atoms with van der Waals surface area (Å²) >= 11 is 0. The van der Waals surface area contributed by atoms with Crippen LogP contribution in [-0.4, -0.2) is 27.7 Å². The molecule has 0 unspecified atom stereocenters. The summed E-state index contributed by atoms with van der Waals surface area (Å²) in [5.74, 6) is 0.549. The minimum absolute atomic E-state index is 0.0197. The molecule has 0 aliphatic rings. The average Bonchev–Trinajstić information content (AvgIpc) is 2.18. The first-order valence-electron chi connectivity index (χ1n) is 3.86. The highest BCUT2D eigenvalue weighted by Gasteiger charge is 2.01. The zero-order valence-corrected chi connectivity index (χ0v) is 7.23. The zero-order valence-electron chi connectivity index (χ0n) is 7.23. The average molecular weight is 178 g/mol. The third-order valence-corrected chi connectivity index (χ3v) is 1.45. The Morgan fingerprint density at radius 1 is 1.69 bits per heavy atom. The summed E-state index contributed by atoms with van der Waals surface area (Å²) in [4.78, 5) is 7.61. The lowest BCUT2D eigenvalue weighted by molar-refractivity contribution is 0.281. The van der Waals surface area contributed by atoms with E-state index in [9.17, 15) is 0 Å². The molecule has 5 nitrogen and oxygen atoms in total. The molecule has 5 heteroatoms. The van der Waals surface area contributed by atoms with Crippen molar-refractivity contribution in [3.8, 4) is 6.07 Å². The maximum atomic E-state index is 8.75. The van der Waals surface area contributed by atoms with E-state index >= 15 is 0 Å². The lowest BCUT2D eigenvalue weighted by atomic mass is 10.3. The van der Waals surface area contributed by atoms with E-state index in [0.717, 1.165) is 0 Å². The monoisotopic (exact) mass is 178 g/mol. The van der Waals surface area contributed by atoms with Crippen molar-refractivity contribution in [1.82, 2.24) is 9.97 Å². The van der Waals surface area contributed by atoms with Gasteiger partial charge in [0.2, 0.25) is 0 Å². The van der Waals surface area contributed by atoms with Crippen LogP contribution in [0.25, 0.3) is 0 Å². The van der Waals surface area contributed by atoms with Gasteiger partial charge in [-0.2, -0.15) is 5.26 Å². The van der Waals surface area contributed by atoms with Crippen LogP contribution in [0.5, 0.6) is 0 Å². The van der Waals surface area contributed by atoms with Crippen molar-refractivity contribution in [2.45, 2.75) is 13.0 Å². The van der Waals surface area contributed by atoms with Crippen molar-refractivity contribution in [2.24, 2.45) is 0 Å². The zero-order chi connectivity index (χ0) is 9.68. The third-order valence-electron chi connectivity index (χ3n) is 1.45. The van der Waals surface area contributed by atoms with Crippen LogP contribution in [0.2, 0.25) is 0 Å². The third kappa shape index (κ3) is 2.69. The normalized spacial score (nSPS) is 11.8. The fraction of sp³-hybridized carbons (Fsp3) is 0.375. The molecule has 0 aliphatic heterocycles. The van der Waals surface area contributed by atoms with Gasteiger partial charge in [-0.15, -0.1) is 0 Å². The standard InChI is InChI=1S/C8H10N4O/c1-6(4-13)12-8-2-7(3-9)10-5-11-8/h2,5-6,13H,4H2,1H3,(H,10,11,12)/t6-/m0/s1. The van der Waals surface area contributed by atoms with Crippen molar-refractivity contribution < 1.29 is 5.11 Å². The summed E-state index contributed by atoms with van der Waals surface area (Å²) in [6, 6.07) is 3.36. The number of hydrogen-bond acceptors (Lipinski definition) is 5. The van der Waals surface area contributed by atoms with Gasteiger partial charge in [-0.3, -0.25) is 0 Å². The predicted octanol–water partition coefficient (Wildman–Crippen LogP) is 0.141. The molecule has 0 fully saturated rings. The quantitative estimate of drug-likeness (QED) is 0.688. The number of anilines is 1. The number of aromatic nitrogens is 2. The van der Waals surface area contributed by atoms with Crippen molar-refractivity contribution in [3.63, 3.8) is 0 Å². The van der Waals surface area contributed by atoms with E-state index < -0.39 is 0 Å². The van der Waals surface area contributed by atoms with Crippen LogP contribution in [0.4, 0.5) is 5.82 Å². The van der Waals surface area contributed by atoms with Gasteiger partial charge in [-0.25, -0.2) is 9.97 Å². The second kappa shape index (κ2) is 4.38. The van der Waals surface area contributed by atoms with E-state index in [2.05, 4.69) is 15.3 Å². The van der Waals surface area contributed by atoms with Crippen LogP contribution in [0, 0.1) is 11.3 Å². The first-order valence-corrected chi connectivity index (χ1v) is 3.86. The van der Waals surface area contributed by atoms with Crippen LogP contribution in [0.1, 0.15) is 12.6 Å². The molecule has 1 atom stereocenters. The van der Waals surface area contributed by atoms with Crippen molar-refractivity contribution >= 4 is 5.82 Å². The molecule has 0 spiro atoms. The Labute approximate surface area is 76.1 Å². The highest BCUT2D eigenvalue weighted by Crippen LogP contribution is 2.04. The number of rotatable bonds is 3. The maximum Gasteiger partial charge on any atom is 0.145 e. The summed E-state index contributed by atoms with van der Waals surface area (Å²) < 4.78 is 0. The molecule has 0 saturated carbocycles. The van der Waals surface area contributed by atoms with E-state index in [1.54, 1.807) is 0 Å². The highest BCUT2D eigenvalue weighted by atomic mass is 16.3. The van der Waals surface area contributed by atoms with Gasteiger partial charge in [0.25, 0.3) is 0 Å². The second-order valence-corrected chi connectivity index (χ2v) is 2.63. The Morgan fingerprint density at radius 3 is 3.08 bits per heavy atom. The first kappa shape index (κ1) is 9.42. The molecule has 0 aromatic carbocycles. The van der Waals surface area contributed by atoms with Gasteiger partial charge in [-0.05, 0) is 6.92 Å². The summed E-state index contributed by atoms with van der Waals surface area (Å²) in [7, 11) is 0. The fourth-order valence-electron chi connectivity index (χ4n) is 0.795. The number of aliphatic hydroxyl groups excluding tert-OH is 1. The molecule has 2 N–H and O–H groups in total. The molecular formula is C8H10N4O. The van der Waals surface area contributed by atoms with Gasteiger partial charge in [0, 0.05) is 12.1 Å². The molecule has 0 radical (unpaired) electrons. The number of nitrogens with one attached hydrogen (secondary N) is 1. The lowest BCUT2D eigenvalue weighted by Gasteiger charge is -2.10. The van der Waals surface area contributed by atoms with Crippen LogP contribution >= 0.6 is 0 Å². The fourth-order valence-corrected chi connectivity index (χ4v) is 0.795.